The van der Waals surface area contributed by atoms with E-state index in [1.54, 1.807) is 26.7 Å². The van der Waals surface area contributed by atoms with E-state index in [0.29, 0.717) is 11.8 Å². The summed E-state index contributed by atoms with van der Waals surface area (Å²) in [6, 6.07) is 22.1. The molecule has 0 bridgehead atoms. The largest absolute Gasteiger partial charge is 4.00 e. The molecular formula is C34H39Cl3SiTi. The Bertz CT molecular complexity index is 1170. The van der Waals surface area contributed by atoms with Crippen molar-refractivity contribution in [2.75, 3.05) is 0 Å². The number of allylic oxidation sites excluding steroid dienone is 4. The van der Waals surface area contributed by atoms with Crippen LogP contribution in [0.1, 0.15) is 53.1 Å². The molecule has 0 aromatic heterocycles. The quantitative estimate of drug-likeness (QED) is 0.173. The second kappa shape index (κ2) is 14.1. The van der Waals surface area contributed by atoms with Crippen molar-refractivity contribution in [3.05, 3.63) is 117 Å². The molecule has 0 radical (unpaired) electrons. The van der Waals surface area contributed by atoms with Crippen molar-refractivity contribution in [1.29, 1.82) is 0 Å². The topological polar surface area (TPSA) is 0 Å². The van der Waals surface area contributed by atoms with Gasteiger partial charge in [-0.3, -0.25) is 0 Å². The van der Waals surface area contributed by atoms with Crippen molar-refractivity contribution in [2.45, 2.75) is 61.3 Å². The number of aryl methyl sites for hydroxylation is 6. The molecule has 0 N–H and O–H groups in total. The number of halogens is 3. The van der Waals surface area contributed by atoms with Crippen LogP contribution in [-0.4, -0.2) is 8.07 Å². The minimum absolute atomic E-state index is 0. The predicted octanol–water partition coefficient (Wildman–Crippen LogP) is -2.33. The summed E-state index contributed by atoms with van der Waals surface area (Å²) in [7, 11) is -2.54. The molecular weight excluding hydrogens is 591 g/mol. The molecule has 0 amide bonds. The van der Waals surface area contributed by atoms with Crippen molar-refractivity contribution < 1.29 is 58.9 Å². The van der Waals surface area contributed by atoms with Gasteiger partial charge in [0.1, 0.15) is 0 Å². The van der Waals surface area contributed by atoms with Gasteiger partial charge in [0.2, 0.25) is 0 Å². The number of fused-ring (bicyclic) bond motifs is 1. The first kappa shape index (κ1) is 35.8. The monoisotopic (exact) mass is 628 g/mol. The van der Waals surface area contributed by atoms with Crippen LogP contribution in [0.2, 0.25) is 0 Å². The molecule has 3 aromatic carbocycles. The zero-order valence-electron chi connectivity index (χ0n) is 24.1. The summed E-state index contributed by atoms with van der Waals surface area (Å²) in [5.41, 5.74) is 11.6. The minimum Gasteiger partial charge on any atom is -1.00 e. The second-order valence-electron chi connectivity index (χ2n) is 11.4. The first-order valence-corrected chi connectivity index (χ1v) is 15.2. The van der Waals surface area contributed by atoms with Gasteiger partial charge in [-0.15, -0.1) is 12.2 Å². The average Bonchev–Trinajstić information content (AvgIpc) is 3.09. The van der Waals surface area contributed by atoms with Gasteiger partial charge in [0, 0.05) is 0 Å². The Morgan fingerprint density at radius 1 is 0.615 bits per heavy atom. The molecule has 204 valence electrons. The summed E-state index contributed by atoms with van der Waals surface area (Å²) in [5.74, 6) is 1.22. The molecule has 1 fully saturated rings. The maximum Gasteiger partial charge on any atom is 4.00 e. The van der Waals surface area contributed by atoms with Gasteiger partial charge < -0.3 is 37.2 Å². The average molecular weight is 630 g/mol. The van der Waals surface area contributed by atoms with Crippen LogP contribution in [-0.2, 0) is 21.7 Å². The Morgan fingerprint density at radius 3 is 1.33 bits per heavy atom. The molecule has 0 spiro atoms. The molecule has 0 saturated heterocycles. The number of benzene rings is 3. The minimum atomic E-state index is -2.54. The Balaban J connectivity index is 0.00000190. The van der Waals surface area contributed by atoms with Crippen LogP contribution in [0.3, 0.4) is 0 Å². The summed E-state index contributed by atoms with van der Waals surface area (Å²) in [6.45, 7) is 16.1. The van der Waals surface area contributed by atoms with Gasteiger partial charge in [0.25, 0.3) is 0 Å². The van der Waals surface area contributed by atoms with Crippen LogP contribution in [0, 0.1) is 58.9 Å². The molecule has 2 aliphatic rings. The van der Waals surface area contributed by atoms with E-state index < -0.39 is 8.07 Å². The molecule has 1 saturated carbocycles. The van der Waals surface area contributed by atoms with Crippen molar-refractivity contribution in [3.63, 3.8) is 0 Å². The molecule has 2 aliphatic carbocycles. The SMILES string of the molecule is Cc1cc(C)cc([Si](c2cc(C)cc(C)c2)(c2cc(C)cc(C)c2)[C-]2C3=CC=CCC3CC2C)c1.[Cl-].[Cl-].[Cl-].[Ti+4]. The number of hydrogen-bond acceptors (Lipinski definition) is 0. The predicted molar refractivity (Wildman–Crippen MR) is 155 cm³/mol. The molecule has 5 rings (SSSR count). The molecule has 0 aliphatic heterocycles. The Labute approximate surface area is 271 Å². The van der Waals surface area contributed by atoms with E-state index in [1.807, 2.05) is 0 Å². The van der Waals surface area contributed by atoms with Crippen LogP contribution in [0.15, 0.2) is 78.4 Å². The van der Waals surface area contributed by atoms with Crippen LogP contribution in [0.4, 0.5) is 0 Å². The standard InChI is InChI=1S/C34H39Si.3ClH.Ti/c1-22-12-23(2)16-30(15-22)35(31-17-24(3)13-25(4)18-31,32-19-26(5)14-27(6)20-32)34-28(7)21-29-10-8-9-11-33(29)34;;;;/h8-9,11-20,28-29H,10,21H2,1-7H3;3*1H;/q-1;;;;+4/p-3. The fraction of sp³-hybridized carbons (Fsp3) is 0.324. The van der Waals surface area contributed by atoms with Gasteiger partial charge in [-0.1, -0.05) is 123 Å². The van der Waals surface area contributed by atoms with Gasteiger partial charge >= 0.3 is 21.7 Å². The molecule has 39 heavy (non-hydrogen) atoms. The zero-order valence-corrected chi connectivity index (χ0v) is 29.0. The maximum absolute atomic E-state index is 2.54. The van der Waals surface area contributed by atoms with E-state index in [1.165, 1.54) is 46.2 Å². The molecule has 3 aromatic rings. The Kier molecular flexibility index (Phi) is 13.0. The Hall–Kier alpha value is -1.19. The normalized spacial score (nSPS) is 17.6. The van der Waals surface area contributed by atoms with Crippen LogP contribution in [0.25, 0.3) is 0 Å². The van der Waals surface area contributed by atoms with Gasteiger partial charge in [-0.2, -0.15) is 5.54 Å². The van der Waals surface area contributed by atoms with E-state index >= 15 is 0 Å². The summed E-state index contributed by atoms with van der Waals surface area (Å²) < 4.78 is 0. The van der Waals surface area contributed by atoms with Gasteiger partial charge in [-0.05, 0) is 53.9 Å². The molecule has 0 nitrogen and oxygen atoms in total. The third kappa shape index (κ3) is 6.66. The van der Waals surface area contributed by atoms with Crippen LogP contribution >= 0.6 is 0 Å². The first-order chi connectivity index (χ1) is 16.7. The van der Waals surface area contributed by atoms with Crippen LogP contribution < -0.4 is 52.8 Å². The van der Waals surface area contributed by atoms with E-state index in [4.69, 9.17) is 0 Å². The Morgan fingerprint density at radius 2 is 0.974 bits per heavy atom. The third-order valence-electron chi connectivity index (χ3n) is 8.08. The van der Waals surface area contributed by atoms with E-state index in [9.17, 15) is 0 Å². The van der Waals surface area contributed by atoms with Gasteiger partial charge in [0.05, 0.1) is 8.07 Å². The smallest absolute Gasteiger partial charge is 1.00 e. The molecule has 2 atom stereocenters. The van der Waals surface area contributed by atoms with Crippen molar-refractivity contribution in [2.24, 2.45) is 11.8 Å². The number of rotatable bonds is 4. The molecule has 0 heterocycles. The summed E-state index contributed by atoms with van der Waals surface area (Å²) >= 11 is 0. The van der Waals surface area contributed by atoms with Crippen molar-refractivity contribution in [3.8, 4) is 0 Å². The van der Waals surface area contributed by atoms with E-state index in [0.717, 1.165) is 0 Å². The second-order valence-corrected chi connectivity index (χ2v) is 15.2. The van der Waals surface area contributed by atoms with Crippen molar-refractivity contribution >= 4 is 23.6 Å². The van der Waals surface area contributed by atoms with Gasteiger partial charge in [0.15, 0.2) is 0 Å². The maximum atomic E-state index is 2.51. The first-order valence-electron chi connectivity index (χ1n) is 13.2. The van der Waals surface area contributed by atoms with Crippen LogP contribution in [0.5, 0.6) is 0 Å². The number of hydrogen-bond donors (Lipinski definition) is 0. The fourth-order valence-corrected chi connectivity index (χ4v) is 13.3. The van der Waals surface area contributed by atoms with Crippen molar-refractivity contribution in [1.82, 2.24) is 0 Å². The summed E-state index contributed by atoms with van der Waals surface area (Å²) in [5, 5.41) is 4.63. The van der Waals surface area contributed by atoms with E-state index in [-0.39, 0.29) is 58.9 Å². The van der Waals surface area contributed by atoms with E-state index in [2.05, 4.69) is 121 Å². The third-order valence-corrected chi connectivity index (χ3v) is 13.1. The molecule has 2 unspecified atom stereocenters. The fourth-order valence-electron chi connectivity index (χ4n) is 7.17. The van der Waals surface area contributed by atoms with Gasteiger partial charge in [-0.25, -0.2) is 11.6 Å². The zero-order chi connectivity index (χ0) is 24.9. The summed E-state index contributed by atoms with van der Waals surface area (Å²) in [4.78, 5) is 0. The molecule has 5 heteroatoms. The summed E-state index contributed by atoms with van der Waals surface area (Å²) in [6.07, 6.45) is 9.59.